The number of rotatable bonds is 11. The highest BCUT2D eigenvalue weighted by molar-refractivity contribution is 5.20. The van der Waals surface area contributed by atoms with Crippen molar-refractivity contribution in [2.24, 2.45) is 45.3 Å². The molecule has 6 aliphatic rings. The van der Waals surface area contributed by atoms with E-state index in [1.807, 2.05) is 6.92 Å². The van der Waals surface area contributed by atoms with E-state index in [9.17, 15) is 51.1 Å². The van der Waals surface area contributed by atoms with Crippen molar-refractivity contribution in [2.75, 3.05) is 13.2 Å². The van der Waals surface area contributed by atoms with Crippen molar-refractivity contribution in [1.29, 1.82) is 0 Å². The van der Waals surface area contributed by atoms with Gasteiger partial charge in [0.05, 0.1) is 37.1 Å². The Morgan fingerprint density at radius 3 is 1.88 bits per heavy atom. The van der Waals surface area contributed by atoms with Gasteiger partial charge in [-0.15, -0.1) is 0 Å². The van der Waals surface area contributed by atoms with Crippen LogP contribution in [0.4, 0.5) is 0 Å². The van der Waals surface area contributed by atoms with Gasteiger partial charge in [-0.25, -0.2) is 0 Å². The monoisotopic (exact) mass is 800 g/mol. The van der Waals surface area contributed by atoms with Crippen LogP contribution in [0.5, 0.6) is 0 Å². The zero-order valence-corrected chi connectivity index (χ0v) is 34.4. The molecule has 2 aliphatic heterocycles. The molecule has 21 atom stereocenters. The quantitative estimate of drug-likeness (QED) is 0.104. The van der Waals surface area contributed by atoms with E-state index in [1.54, 1.807) is 6.92 Å². The molecule has 6 rings (SSSR count). The van der Waals surface area contributed by atoms with E-state index in [4.69, 9.17) is 18.9 Å². The van der Waals surface area contributed by atoms with Crippen molar-refractivity contribution < 1.29 is 70.0 Å². The Bertz CT molecular complexity index is 1390. The summed E-state index contributed by atoms with van der Waals surface area (Å²) in [5, 5.41) is 107. The lowest BCUT2D eigenvalue weighted by Gasteiger charge is -2.71. The van der Waals surface area contributed by atoms with Gasteiger partial charge in [-0.2, -0.15) is 0 Å². The zero-order valence-electron chi connectivity index (χ0n) is 34.4. The molecule has 0 unspecified atom stereocenters. The Morgan fingerprint density at radius 2 is 1.30 bits per heavy atom. The molecule has 14 nitrogen and oxygen atoms in total. The largest absolute Gasteiger partial charge is 0.394 e. The van der Waals surface area contributed by atoms with Crippen molar-refractivity contribution in [3.63, 3.8) is 0 Å². The number of hydrogen-bond donors (Lipinski definition) is 10. The molecule has 0 aromatic heterocycles. The molecule has 0 aromatic carbocycles. The molecule has 0 bridgehead atoms. The lowest BCUT2D eigenvalue weighted by Crippen LogP contribution is -2.67. The number of aliphatic hydroxyl groups excluding tert-OH is 10. The maximum absolute atomic E-state index is 12.5. The van der Waals surface area contributed by atoms with Crippen LogP contribution in [0.1, 0.15) is 106 Å². The van der Waals surface area contributed by atoms with E-state index >= 15 is 0 Å². The molecular weight excluding hydrogens is 728 g/mol. The Kier molecular flexibility index (Phi) is 12.7. The maximum Gasteiger partial charge on any atom is 0.187 e. The number of ether oxygens (including phenoxy) is 4. The summed E-state index contributed by atoms with van der Waals surface area (Å²) in [5.41, 5.74) is -1.53. The smallest absolute Gasteiger partial charge is 0.187 e. The fraction of sp³-hybridized carbons (Fsp3) is 0.952. The molecule has 56 heavy (non-hydrogen) atoms. The minimum Gasteiger partial charge on any atom is -0.394 e. The van der Waals surface area contributed by atoms with Gasteiger partial charge in [0.2, 0.25) is 0 Å². The molecule has 0 radical (unpaired) electrons. The van der Waals surface area contributed by atoms with Crippen LogP contribution < -0.4 is 0 Å². The molecular formula is C42H72O14. The van der Waals surface area contributed by atoms with Crippen molar-refractivity contribution in [3.05, 3.63) is 12.2 Å². The molecule has 14 heteroatoms. The molecule has 2 heterocycles. The van der Waals surface area contributed by atoms with Crippen LogP contribution in [-0.2, 0) is 18.9 Å². The fourth-order valence-corrected chi connectivity index (χ4v) is 13.4. The Hall–Kier alpha value is -0.820. The maximum atomic E-state index is 12.5. The van der Waals surface area contributed by atoms with Crippen LogP contribution >= 0.6 is 0 Å². The van der Waals surface area contributed by atoms with Gasteiger partial charge >= 0.3 is 0 Å². The van der Waals surface area contributed by atoms with Crippen LogP contribution in [0.15, 0.2) is 12.2 Å². The van der Waals surface area contributed by atoms with E-state index in [2.05, 4.69) is 41.2 Å². The fourth-order valence-electron chi connectivity index (χ4n) is 13.4. The number of aliphatic hydroxyl groups is 10. The summed E-state index contributed by atoms with van der Waals surface area (Å²) >= 11 is 0. The molecule has 0 spiro atoms. The van der Waals surface area contributed by atoms with Crippen molar-refractivity contribution in [2.45, 2.75) is 192 Å². The van der Waals surface area contributed by atoms with E-state index in [0.29, 0.717) is 37.7 Å². The normalized spacial score (nSPS) is 51.9. The predicted octanol–water partition coefficient (Wildman–Crippen LogP) is 1.12. The lowest BCUT2D eigenvalue weighted by atomic mass is 9.35. The van der Waals surface area contributed by atoms with Crippen LogP contribution in [0, 0.1) is 45.3 Å². The van der Waals surface area contributed by atoms with Crippen molar-refractivity contribution in [3.8, 4) is 0 Å². The summed E-state index contributed by atoms with van der Waals surface area (Å²) in [5.74, 6) is -0.0991. The number of fused-ring (bicyclic) bond motifs is 5. The minimum atomic E-state index is -1.61. The molecule has 6 fully saturated rings. The second kappa shape index (κ2) is 15.9. The molecule has 0 amide bonds. The minimum absolute atomic E-state index is 0.152. The molecule has 4 aliphatic carbocycles. The number of hydrogen-bond acceptors (Lipinski definition) is 14. The van der Waals surface area contributed by atoms with Gasteiger partial charge in [0.15, 0.2) is 12.6 Å². The van der Waals surface area contributed by atoms with Gasteiger partial charge in [0.1, 0.15) is 48.8 Å². The molecule has 4 saturated carbocycles. The molecule has 324 valence electrons. The van der Waals surface area contributed by atoms with Gasteiger partial charge in [0.25, 0.3) is 0 Å². The summed E-state index contributed by atoms with van der Waals surface area (Å²) in [6.07, 6.45) is -9.84. The summed E-state index contributed by atoms with van der Waals surface area (Å²) in [6, 6.07) is 0. The highest BCUT2D eigenvalue weighted by atomic mass is 16.7. The van der Waals surface area contributed by atoms with Gasteiger partial charge in [0, 0.05) is 0 Å². The highest BCUT2D eigenvalue weighted by Gasteiger charge is 2.72. The van der Waals surface area contributed by atoms with Crippen molar-refractivity contribution >= 4 is 0 Å². The molecule has 2 saturated heterocycles. The van der Waals surface area contributed by atoms with Crippen LogP contribution in [0.3, 0.4) is 0 Å². The average molecular weight is 801 g/mol. The van der Waals surface area contributed by atoms with E-state index in [-0.39, 0.29) is 46.0 Å². The third-order valence-corrected chi connectivity index (χ3v) is 17.0. The first-order valence-corrected chi connectivity index (χ1v) is 21.0. The topological polar surface area (TPSA) is 239 Å². The first-order valence-electron chi connectivity index (χ1n) is 21.0. The van der Waals surface area contributed by atoms with Gasteiger partial charge in [-0.3, -0.25) is 0 Å². The van der Waals surface area contributed by atoms with Gasteiger partial charge < -0.3 is 70.0 Å². The summed E-state index contributed by atoms with van der Waals surface area (Å²) in [6.45, 7) is 17.9. The molecule has 10 N–H and O–H groups in total. The Labute approximate surface area is 331 Å². The lowest BCUT2D eigenvalue weighted by molar-refractivity contribution is -0.338. The van der Waals surface area contributed by atoms with E-state index in [1.165, 1.54) is 0 Å². The summed E-state index contributed by atoms with van der Waals surface area (Å²) in [7, 11) is 0. The van der Waals surface area contributed by atoms with Gasteiger partial charge in [-0.05, 0) is 117 Å². The van der Waals surface area contributed by atoms with Crippen LogP contribution in [0.2, 0.25) is 0 Å². The highest BCUT2D eigenvalue weighted by Crippen LogP contribution is 2.76. The second-order valence-electron chi connectivity index (χ2n) is 20.2. The average Bonchev–Trinajstić information content (AvgIpc) is 3.53. The Morgan fingerprint density at radius 1 is 0.750 bits per heavy atom. The first-order chi connectivity index (χ1) is 26.0. The summed E-state index contributed by atoms with van der Waals surface area (Å²) in [4.78, 5) is 0. The zero-order chi connectivity index (χ0) is 41.5. The standard InChI is InChI=1S/C42H72O14/c1-20(2)22(45)10-16-42(8,56-37-35(52)33(50)31(48)25(19-44)54-37)21-9-14-41(7)29(21)23(46)17-27-39(5)13-12-28(38(3,4)26(39)11-15-40(27,41)6)55-36-34(51)32(49)30(47)24(18-43)53-36/h21-37,43-52H,1,9-19H2,2-8H3/t21-,22+,23+,24+,25+,26-,27+,28-,29-,30+,31+,32-,33-,34+,35+,36-,37-,39-,40+,41+,42+/m0/s1. The second-order valence-corrected chi connectivity index (χ2v) is 20.2. The van der Waals surface area contributed by atoms with Crippen molar-refractivity contribution in [1.82, 2.24) is 0 Å². The summed E-state index contributed by atoms with van der Waals surface area (Å²) < 4.78 is 24.8. The molecule has 0 aromatic rings. The predicted molar refractivity (Wildman–Crippen MR) is 202 cm³/mol. The van der Waals surface area contributed by atoms with E-state index in [0.717, 1.165) is 25.7 Å². The SMILES string of the molecule is C=C(C)[C@H](O)CC[C@@](C)(O[C@@H]1O[C@H](CO)[C@@H](O)[C@H](O)[C@H]1O)[C@H]1CC[C@]2(C)[C@@H]1[C@H](O)C[C@@H]1[C@@]3(C)CC[C@H](O[C@@H]4O[C@H](CO)[C@@H](O)[C@H](O)[C@H]4O)C(C)(C)[C@@H]3CC[C@]12C. The van der Waals surface area contributed by atoms with E-state index < -0.39 is 97.8 Å². The van der Waals surface area contributed by atoms with Gasteiger partial charge in [-0.1, -0.05) is 46.8 Å². The Balaban J connectivity index is 1.27. The third-order valence-electron chi connectivity index (χ3n) is 17.0. The first kappa shape index (κ1) is 44.7. The third kappa shape index (κ3) is 7.06. The van der Waals surface area contributed by atoms with Crippen LogP contribution in [-0.4, -0.2) is 150 Å². The van der Waals surface area contributed by atoms with Crippen LogP contribution in [0.25, 0.3) is 0 Å².